The molecule has 0 spiro atoms. The quantitative estimate of drug-likeness (QED) is 0.371. The zero-order chi connectivity index (χ0) is 2.99. The Morgan fingerprint density at radius 1 is 2.00 bits per heavy atom. The molecule has 1 radical (unpaired) electrons. The third-order valence-corrected chi connectivity index (χ3v) is 2.12. The van der Waals surface area contributed by atoms with Gasteiger partial charge in [0, 0.05) is 0 Å². The van der Waals surface area contributed by atoms with E-state index in [1.54, 1.807) is 5.28 Å². The molecule has 0 aromatic rings. The van der Waals surface area contributed by atoms with Crippen LogP contribution >= 0.6 is 0 Å². The third-order valence-electron chi connectivity index (χ3n) is 0.707. The van der Waals surface area contributed by atoms with Crippen molar-refractivity contribution in [2.24, 2.45) is 0 Å². The molecule has 0 aromatic heterocycles. The highest BCUT2D eigenvalue weighted by atomic mass is 27.1. The molecular weight excluding hydrogens is 63.0 g/mol. The van der Waals surface area contributed by atoms with Gasteiger partial charge in [-0.2, -0.15) is 0 Å². The molecule has 0 N–H and O–H groups in total. The molecule has 1 aliphatic heterocycles. The Morgan fingerprint density at radius 2 is 2.25 bits per heavy atom. The molecule has 1 fully saturated rings. The number of hydrogen-bond donors (Lipinski definition) is 0. The van der Waals surface area contributed by atoms with Gasteiger partial charge in [-0.3, -0.25) is 0 Å². The average Bonchev–Trinajstić information content (AvgIpc) is 1.75. The second-order valence-electron chi connectivity index (χ2n) is 1.45. The van der Waals surface area contributed by atoms with E-state index in [0.29, 0.717) is 0 Å². The second-order valence-corrected chi connectivity index (χ2v) is 3.53. The maximum Gasteiger partial charge on any atom is 0.201 e. The summed E-state index contributed by atoms with van der Waals surface area (Å²) in [6, 6.07) is 0. The molecule has 1 aliphatic rings. The monoisotopic (exact) mass is 69.0 g/mol. The lowest BCUT2D eigenvalue weighted by Gasteiger charge is -1.56. The fraction of sp³-hybridized carbons (Fsp3) is 1.00. The van der Waals surface area contributed by atoms with E-state index in [1.165, 1.54) is 4.78 Å². The maximum absolute atomic E-state index is 2.31. The Kier molecular flexibility index (Phi) is 0.509. The van der Waals surface area contributed by atoms with Gasteiger partial charge in [-0.25, -0.2) is 0 Å². The van der Waals surface area contributed by atoms with E-state index in [2.05, 4.69) is 6.92 Å². The number of rotatable bonds is 0. The first kappa shape index (κ1) is 2.75. The predicted molar refractivity (Wildman–Crippen MR) is 20.0 cm³/mol. The Hall–Kier alpha value is 0.532. The van der Waals surface area contributed by atoms with E-state index >= 15 is 0 Å². The van der Waals surface area contributed by atoms with Crippen molar-refractivity contribution < 1.29 is 0 Å². The molecule has 1 unspecified atom stereocenters. The summed E-state index contributed by atoms with van der Waals surface area (Å²) in [7, 11) is 0. The fourth-order valence-electron chi connectivity index (χ4n) is 0.136. The van der Waals surface area contributed by atoms with E-state index < -0.39 is 0 Å². The maximum atomic E-state index is 2.31. The van der Waals surface area contributed by atoms with Crippen LogP contribution < -0.4 is 0 Å². The van der Waals surface area contributed by atoms with Gasteiger partial charge in [0.15, 0.2) is 0 Å². The molecule has 0 amide bonds. The summed E-state index contributed by atoms with van der Waals surface area (Å²) < 4.78 is 1.17. The first-order chi connectivity index (χ1) is 1.89. The molecule has 0 saturated carbocycles. The van der Waals surface area contributed by atoms with Gasteiger partial charge in [0.05, 0.1) is 0 Å². The van der Waals surface area contributed by atoms with Gasteiger partial charge in [0.1, 0.15) is 0 Å². The predicted octanol–water partition coefficient (Wildman–Crippen LogP) is 0.931. The summed E-state index contributed by atoms with van der Waals surface area (Å²) in [6.45, 7) is 2.31. The van der Waals surface area contributed by atoms with Crippen LogP contribution in [-0.2, 0) is 0 Å². The first-order valence-corrected chi connectivity index (χ1v) is 3.21. The molecule has 21 valence electrons. The minimum absolute atomic E-state index is 0.949. The van der Waals surface area contributed by atoms with E-state index in [1.807, 2.05) is 0 Å². The summed E-state index contributed by atoms with van der Waals surface area (Å²) in [5.74, 6) is 0. The molecule has 1 heteroatoms. The Bertz CT molecular complexity index is 22.5. The average molecular weight is 69.1 g/mol. The Labute approximate surface area is 32.9 Å². The molecule has 4 heavy (non-hydrogen) atoms. The van der Waals surface area contributed by atoms with Gasteiger partial charge in [0.25, 0.3) is 0 Å². The molecule has 1 heterocycles. The minimum atomic E-state index is 0.949. The highest BCUT2D eigenvalue weighted by Gasteiger charge is 2.15. The van der Waals surface area contributed by atoms with Crippen molar-refractivity contribution in [3.05, 3.63) is 0 Å². The van der Waals surface area contributed by atoms with Crippen LogP contribution in [0.2, 0.25) is 10.1 Å². The highest BCUT2D eigenvalue weighted by Crippen LogP contribution is 2.24. The van der Waals surface area contributed by atoms with Gasteiger partial charge >= 0.3 is 0 Å². The van der Waals surface area contributed by atoms with Crippen molar-refractivity contribution in [1.82, 2.24) is 0 Å². The molecule has 1 atom stereocenters. The molecular formula is C3H6Al. The lowest BCUT2D eigenvalue weighted by atomic mass is 10.6. The largest absolute Gasteiger partial charge is 0.201 e. The van der Waals surface area contributed by atoms with Crippen LogP contribution in [0, 0.1) is 0 Å². The SMILES string of the molecule is C[CH]1[CH2][Al]1. The van der Waals surface area contributed by atoms with Gasteiger partial charge < -0.3 is 0 Å². The van der Waals surface area contributed by atoms with Crippen molar-refractivity contribution in [3.63, 3.8) is 0 Å². The van der Waals surface area contributed by atoms with Crippen molar-refractivity contribution in [2.75, 3.05) is 0 Å². The van der Waals surface area contributed by atoms with Gasteiger partial charge in [-0.05, 0) is 0 Å². The van der Waals surface area contributed by atoms with Crippen LogP contribution in [0.5, 0.6) is 0 Å². The standard InChI is InChI=1S/C3H6.Al/c1-3-2;/h3H,1H2,2H3;. The fourth-order valence-corrected chi connectivity index (χ4v) is 0.408. The highest BCUT2D eigenvalue weighted by molar-refractivity contribution is 6.50. The lowest BCUT2D eigenvalue weighted by molar-refractivity contribution is 1.21. The van der Waals surface area contributed by atoms with Crippen LogP contribution in [0.15, 0.2) is 0 Å². The Balaban J connectivity index is 2.17. The summed E-state index contributed by atoms with van der Waals surface area (Å²) in [5, 5.41) is 1.57. The smallest absolute Gasteiger partial charge is 0.113 e. The summed E-state index contributed by atoms with van der Waals surface area (Å²) in [4.78, 5) is 0. The molecule has 1 saturated heterocycles. The summed E-state index contributed by atoms with van der Waals surface area (Å²) in [6.07, 6.45) is 0. The number of hydrogen-bond acceptors (Lipinski definition) is 0. The molecule has 0 aliphatic carbocycles. The Morgan fingerprint density at radius 3 is 2.25 bits per heavy atom. The normalized spacial score (nSPS) is 37.8. The van der Waals surface area contributed by atoms with Gasteiger partial charge in [-0.15, -0.1) is 10.1 Å². The summed E-state index contributed by atoms with van der Waals surface area (Å²) in [5.41, 5.74) is 0. The van der Waals surface area contributed by atoms with Crippen molar-refractivity contribution in [3.8, 4) is 0 Å². The van der Waals surface area contributed by atoms with Crippen LogP contribution in [0.1, 0.15) is 6.92 Å². The van der Waals surface area contributed by atoms with Crippen molar-refractivity contribution in [2.45, 2.75) is 17.0 Å². The van der Waals surface area contributed by atoms with Crippen molar-refractivity contribution >= 4 is 15.2 Å². The minimum Gasteiger partial charge on any atom is -0.113 e. The molecule has 0 aromatic carbocycles. The topological polar surface area (TPSA) is 0 Å². The van der Waals surface area contributed by atoms with Crippen LogP contribution in [0.3, 0.4) is 0 Å². The van der Waals surface area contributed by atoms with Crippen LogP contribution in [0.25, 0.3) is 0 Å². The van der Waals surface area contributed by atoms with Gasteiger partial charge in [0.2, 0.25) is 15.2 Å². The lowest BCUT2D eigenvalue weighted by Crippen LogP contribution is -1.41. The first-order valence-electron chi connectivity index (χ1n) is 1.73. The van der Waals surface area contributed by atoms with Gasteiger partial charge in [-0.1, -0.05) is 6.92 Å². The van der Waals surface area contributed by atoms with E-state index in [9.17, 15) is 0 Å². The van der Waals surface area contributed by atoms with Crippen LogP contribution in [0.4, 0.5) is 0 Å². The zero-order valence-electron chi connectivity index (χ0n) is 2.86. The van der Waals surface area contributed by atoms with Crippen LogP contribution in [-0.4, -0.2) is 15.2 Å². The third kappa shape index (κ3) is 0.477. The van der Waals surface area contributed by atoms with Crippen molar-refractivity contribution in [1.29, 1.82) is 0 Å². The molecule has 1 rings (SSSR count). The second kappa shape index (κ2) is 0.740. The molecule has 0 nitrogen and oxygen atoms in total. The van der Waals surface area contributed by atoms with E-state index in [4.69, 9.17) is 0 Å². The van der Waals surface area contributed by atoms with E-state index in [-0.39, 0.29) is 0 Å². The zero-order valence-corrected chi connectivity index (χ0v) is 4.02. The summed E-state index contributed by atoms with van der Waals surface area (Å²) >= 11 is 0.949. The van der Waals surface area contributed by atoms with E-state index in [0.717, 1.165) is 15.2 Å². The molecule has 0 bridgehead atoms.